The van der Waals surface area contributed by atoms with Crippen LogP contribution in [0.5, 0.6) is 0 Å². The van der Waals surface area contributed by atoms with Crippen LogP contribution in [0.15, 0.2) is 24.3 Å². The van der Waals surface area contributed by atoms with Gasteiger partial charge in [-0.3, -0.25) is 9.59 Å². The van der Waals surface area contributed by atoms with Crippen molar-refractivity contribution in [1.82, 2.24) is 5.32 Å². The summed E-state index contributed by atoms with van der Waals surface area (Å²) >= 11 is 0. The van der Waals surface area contributed by atoms with Gasteiger partial charge in [-0.15, -0.1) is 0 Å². The van der Waals surface area contributed by atoms with Gasteiger partial charge in [0.1, 0.15) is 5.82 Å². The van der Waals surface area contributed by atoms with Crippen LogP contribution in [0.25, 0.3) is 0 Å². The SMILES string of the molecule is CC(C)OCCCNC(=O)C(C#N)C(=O)C1CC1c1ccc(F)cc1. The van der Waals surface area contributed by atoms with Crippen LogP contribution in [0.1, 0.15) is 38.2 Å². The molecule has 6 heteroatoms. The molecule has 3 unspecified atom stereocenters. The molecule has 0 radical (unpaired) electrons. The molecule has 134 valence electrons. The highest BCUT2D eigenvalue weighted by Crippen LogP contribution is 2.49. The highest BCUT2D eigenvalue weighted by atomic mass is 19.1. The van der Waals surface area contributed by atoms with Crippen molar-refractivity contribution >= 4 is 11.7 Å². The van der Waals surface area contributed by atoms with Crippen molar-refractivity contribution in [3.8, 4) is 6.07 Å². The third kappa shape index (κ3) is 5.36. The van der Waals surface area contributed by atoms with Gasteiger partial charge in [-0.1, -0.05) is 12.1 Å². The van der Waals surface area contributed by atoms with E-state index in [1.54, 1.807) is 12.1 Å². The summed E-state index contributed by atoms with van der Waals surface area (Å²) in [5, 5.41) is 11.8. The summed E-state index contributed by atoms with van der Waals surface area (Å²) < 4.78 is 18.3. The van der Waals surface area contributed by atoms with Crippen LogP contribution >= 0.6 is 0 Å². The highest BCUT2D eigenvalue weighted by Gasteiger charge is 2.47. The van der Waals surface area contributed by atoms with Gasteiger partial charge in [0.05, 0.1) is 12.2 Å². The summed E-state index contributed by atoms with van der Waals surface area (Å²) in [5.41, 5.74) is 0.864. The van der Waals surface area contributed by atoms with E-state index in [1.165, 1.54) is 12.1 Å². The first kappa shape index (κ1) is 19.1. The predicted octanol–water partition coefficient (Wildman–Crippen LogP) is 2.57. The number of benzene rings is 1. The number of nitrogens with zero attached hydrogens (tertiary/aromatic N) is 1. The molecule has 0 aromatic heterocycles. The van der Waals surface area contributed by atoms with Gasteiger partial charge in [0, 0.05) is 19.1 Å². The lowest BCUT2D eigenvalue weighted by molar-refractivity contribution is -0.132. The van der Waals surface area contributed by atoms with Gasteiger partial charge >= 0.3 is 0 Å². The van der Waals surface area contributed by atoms with Crippen molar-refractivity contribution in [2.24, 2.45) is 11.8 Å². The number of amides is 1. The third-order valence-corrected chi connectivity index (χ3v) is 4.20. The number of nitriles is 1. The maximum Gasteiger partial charge on any atom is 0.245 e. The van der Waals surface area contributed by atoms with Crippen LogP contribution in [0, 0.1) is 29.0 Å². The highest BCUT2D eigenvalue weighted by molar-refractivity contribution is 6.06. The Morgan fingerprint density at radius 3 is 2.64 bits per heavy atom. The number of ketones is 1. The Hall–Kier alpha value is -2.26. The lowest BCUT2D eigenvalue weighted by Gasteiger charge is -2.11. The molecular weight excluding hydrogens is 323 g/mol. The van der Waals surface area contributed by atoms with Gasteiger partial charge in [-0.05, 0) is 50.3 Å². The van der Waals surface area contributed by atoms with E-state index in [1.807, 2.05) is 19.9 Å². The molecule has 1 N–H and O–H groups in total. The van der Waals surface area contributed by atoms with Gasteiger partial charge in [0.15, 0.2) is 11.7 Å². The van der Waals surface area contributed by atoms with Crippen LogP contribution < -0.4 is 5.32 Å². The summed E-state index contributed by atoms with van der Waals surface area (Å²) in [6.07, 6.45) is 1.35. The second kappa shape index (κ2) is 8.72. The van der Waals surface area contributed by atoms with Crippen molar-refractivity contribution in [3.05, 3.63) is 35.6 Å². The molecule has 0 spiro atoms. The van der Waals surface area contributed by atoms with Crippen molar-refractivity contribution in [2.75, 3.05) is 13.2 Å². The topological polar surface area (TPSA) is 79.2 Å². The summed E-state index contributed by atoms with van der Waals surface area (Å²) in [5.74, 6) is -2.90. The molecule has 1 aromatic rings. The molecule has 0 bridgehead atoms. The molecule has 2 rings (SSSR count). The molecule has 1 amide bonds. The van der Waals surface area contributed by atoms with Crippen LogP contribution in [0.2, 0.25) is 0 Å². The number of nitrogens with one attached hydrogen (secondary N) is 1. The molecule has 1 aromatic carbocycles. The Balaban J connectivity index is 1.82. The Morgan fingerprint density at radius 2 is 2.04 bits per heavy atom. The van der Waals surface area contributed by atoms with E-state index >= 15 is 0 Å². The molecule has 3 atom stereocenters. The quantitative estimate of drug-likeness (QED) is 0.550. The number of rotatable bonds is 9. The van der Waals surface area contributed by atoms with Gasteiger partial charge in [-0.2, -0.15) is 5.26 Å². The minimum absolute atomic E-state index is 0.0313. The molecule has 25 heavy (non-hydrogen) atoms. The van der Waals surface area contributed by atoms with Gasteiger partial charge in [-0.25, -0.2) is 4.39 Å². The second-order valence-corrected chi connectivity index (χ2v) is 6.53. The fourth-order valence-electron chi connectivity index (χ4n) is 2.76. The Labute approximate surface area is 147 Å². The van der Waals surface area contributed by atoms with Crippen LogP contribution in [-0.2, 0) is 14.3 Å². The zero-order chi connectivity index (χ0) is 18.4. The lowest BCUT2D eigenvalue weighted by atomic mass is 9.98. The van der Waals surface area contributed by atoms with E-state index in [-0.39, 0.29) is 29.5 Å². The van der Waals surface area contributed by atoms with Crippen LogP contribution in [-0.4, -0.2) is 30.9 Å². The van der Waals surface area contributed by atoms with Crippen molar-refractivity contribution < 1.29 is 18.7 Å². The number of carbonyl (C=O) groups is 2. The van der Waals surface area contributed by atoms with Gasteiger partial charge in [0.2, 0.25) is 5.91 Å². The lowest BCUT2D eigenvalue weighted by Crippen LogP contribution is -2.36. The van der Waals surface area contributed by atoms with Crippen molar-refractivity contribution in [3.63, 3.8) is 0 Å². The fourth-order valence-corrected chi connectivity index (χ4v) is 2.76. The number of hydrogen-bond donors (Lipinski definition) is 1. The van der Waals surface area contributed by atoms with Gasteiger partial charge in [0.25, 0.3) is 0 Å². The van der Waals surface area contributed by atoms with Crippen LogP contribution in [0.3, 0.4) is 0 Å². The Bertz CT molecular complexity index is 652. The fraction of sp³-hybridized carbons (Fsp3) is 0.526. The summed E-state index contributed by atoms with van der Waals surface area (Å²) in [7, 11) is 0. The van der Waals surface area contributed by atoms with E-state index < -0.39 is 11.8 Å². The Morgan fingerprint density at radius 1 is 1.36 bits per heavy atom. The van der Waals surface area contributed by atoms with Crippen molar-refractivity contribution in [2.45, 2.75) is 38.7 Å². The molecule has 0 heterocycles. The van der Waals surface area contributed by atoms with Gasteiger partial charge < -0.3 is 10.1 Å². The average molecular weight is 346 g/mol. The summed E-state index contributed by atoms with van der Waals surface area (Å²) in [4.78, 5) is 24.5. The van der Waals surface area contributed by atoms with Crippen molar-refractivity contribution in [1.29, 1.82) is 5.26 Å². The normalized spacial score (nSPS) is 20.0. The molecule has 1 saturated carbocycles. The zero-order valence-corrected chi connectivity index (χ0v) is 14.5. The molecule has 1 fully saturated rings. The van der Waals surface area contributed by atoms with E-state index in [2.05, 4.69) is 5.32 Å². The number of halogens is 1. The summed E-state index contributed by atoms with van der Waals surface area (Å²) in [6.45, 7) is 4.73. The van der Waals surface area contributed by atoms with Crippen LogP contribution in [0.4, 0.5) is 4.39 Å². The average Bonchev–Trinajstić information content (AvgIpc) is 3.36. The molecular formula is C19H23FN2O3. The van der Waals surface area contributed by atoms with E-state index in [0.717, 1.165) is 5.56 Å². The standard InChI is InChI=1S/C19H23FN2O3/c1-12(2)25-9-3-8-22-19(24)17(11-21)18(23)16-10-15(16)13-4-6-14(20)7-5-13/h4-7,12,15-17H,3,8-10H2,1-2H3,(H,22,24). The largest absolute Gasteiger partial charge is 0.379 e. The molecule has 5 nitrogen and oxygen atoms in total. The first-order valence-electron chi connectivity index (χ1n) is 8.52. The minimum atomic E-state index is -1.29. The molecule has 0 aliphatic heterocycles. The maximum atomic E-state index is 13.0. The van der Waals surface area contributed by atoms with E-state index in [9.17, 15) is 19.2 Å². The molecule has 1 aliphatic rings. The second-order valence-electron chi connectivity index (χ2n) is 6.53. The monoisotopic (exact) mass is 346 g/mol. The first-order chi connectivity index (χ1) is 11.9. The molecule has 0 saturated heterocycles. The van der Waals surface area contributed by atoms with E-state index in [4.69, 9.17) is 4.74 Å². The third-order valence-electron chi connectivity index (χ3n) is 4.20. The van der Waals surface area contributed by atoms with E-state index in [0.29, 0.717) is 26.0 Å². The Kier molecular flexibility index (Phi) is 6.65. The maximum absolute atomic E-state index is 13.0. The number of Topliss-reactive ketones (excluding diaryl/α,β-unsaturated/α-hetero) is 1. The first-order valence-corrected chi connectivity index (χ1v) is 8.52. The number of carbonyl (C=O) groups excluding carboxylic acids is 2. The predicted molar refractivity (Wildman–Crippen MR) is 90.1 cm³/mol. The zero-order valence-electron chi connectivity index (χ0n) is 14.5. The number of hydrogen-bond acceptors (Lipinski definition) is 4. The smallest absolute Gasteiger partial charge is 0.245 e. The summed E-state index contributed by atoms with van der Waals surface area (Å²) in [6, 6.07) is 7.80. The number of ether oxygens (including phenoxy) is 1. The molecule has 1 aliphatic carbocycles. The minimum Gasteiger partial charge on any atom is -0.379 e.